The number of aromatic nitrogens is 2. The first-order valence-corrected chi connectivity index (χ1v) is 7.24. The van der Waals surface area contributed by atoms with E-state index < -0.39 is 0 Å². The Morgan fingerprint density at radius 3 is 2.65 bits per heavy atom. The Morgan fingerprint density at radius 1 is 1.15 bits per heavy atom. The van der Waals surface area contributed by atoms with Gasteiger partial charge in [0.2, 0.25) is 0 Å². The molecule has 1 aromatic carbocycles. The van der Waals surface area contributed by atoms with E-state index in [1.165, 1.54) is 31.2 Å². The maximum atomic E-state index is 4.48. The van der Waals surface area contributed by atoms with Crippen LogP contribution in [0.5, 0.6) is 0 Å². The summed E-state index contributed by atoms with van der Waals surface area (Å²) < 4.78 is 2.14. The van der Waals surface area contributed by atoms with Crippen LogP contribution in [0.3, 0.4) is 0 Å². The number of nitrogens with one attached hydrogen (secondary N) is 1. The van der Waals surface area contributed by atoms with Gasteiger partial charge in [0.15, 0.2) is 0 Å². The average molecular weight is 292 g/mol. The zero-order chi connectivity index (χ0) is 12.9. The average Bonchev–Trinajstić information content (AvgIpc) is 3.10. The van der Waals surface area contributed by atoms with Crippen molar-refractivity contribution in [3.05, 3.63) is 48.3 Å². The monoisotopic (exact) mass is 291 g/mol. The van der Waals surface area contributed by atoms with E-state index in [0.29, 0.717) is 6.04 Å². The highest BCUT2D eigenvalue weighted by Crippen LogP contribution is 2.29. The van der Waals surface area contributed by atoms with E-state index >= 15 is 0 Å². The van der Waals surface area contributed by atoms with E-state index in [1.807, 2.05) is 6.20 Å². The molecular weight excluding hydrogens is 270 g/mol. The smallest absolute Gasteiger partial charge is 0.0726 e. The quantitative estimate of drug-likeness (QED) is 0.900. The van der Waals surface area contributed by atoms with Crippen LogP contribution in [-0.2, 0) is 6.42 Å². The lowest BCUT2D eigenvalue weighted by Gasteiger charge is -2.08. The molecule has 1 fully saturated rings. The van der Waals surface area contributed by atoms with Gasteiger partial charge in [-0.25, -0.2) is 0 Å². The summed E-state index contributed by atoms with van der Waals surface area (Å²) in [4.78, 5) is 0. The van der Waals surface area contributed by atoms with Crippen LogP contribution < -0.4 is 5.32 Å². The van der Waals surface area contributed by atoms with Gasteiger partial charge in [0.25, 0.3) is 0 Å². The van der Waals surface area contributed by atoms with Crippen LogP contribution in [0.4, 0.5) is 5.69 Å². The summed E-state index contributed by atoms with van der Waals surface area (Å²) in [7, 11) is 0. The predicted octanol–water partition coefficient (Wildman–Crippen LogP) is 4.07. The van der Waals surface area contributed by atoms with Crippen molar-refractivity contribution in [1.29, 1.82) is 0 Å². The van der Waals surface area contributed by atoms with Crippen molar-refractivity contribution in [3.8, 4) is 0 Å². The van der Waals surface area contributed by atoms with Gasteiger partial charge >= 0.3 is 0 Å². The first-order chi connectivity index (χ1) is 9.42. The van der Waals surface area contributed by atoms with Crippen LogP contribution in [0.1, 0.15) is 37.3 Å². The number of nitrogens with zero attached hydrogens (tertiary/aromatic N) is 2. The molecule has 0 radical (unpaired) electrons. The predicted molar refractivity (Wildman–Crippen MR) is 85.6 cm³/mol. The molecule has 1 aliphatic carbocycles. The van der Waals surface area contributed by atoms with Crippen LogP contribution in [0.15, 0.2) is 42.7 Å². The first kappa shape index (κ1) is 14.9. The Bertz CT molecular complexity index is 503. The summed E-state index contributed by atoms with van der Waals surface area (Å²) in [6.07, 6.45) is 10.4. The number of anilines is 1. The van der Waals surface area contributed by atoms with Crippen LogP contribution in [-0.4, -0.2) is 16.3 Å². The van der Waals surface area contributed by atoms with Gasteiger partial charge in [-0.1, -0.05) is 43.2 Å². The molecule has 3 nitrogen and oxygen atoms in total. The van der Waals surface area contributed by atoms with Crippen molar-refractivity contribution in [1.82, 2.24) is 9.78 Å². The van der Waals surface area contributed by atoms with Gasteiger partial charge in [-0.2, -0.15) is 5.10 Å². The summed E-state index contributed by atoms with van der Waals surface area (Å²) >= 11 is 0. The highest BCUT2D eigenvalue weighted by atomic mass is 35.5. The molecule has 1 N–H and O–H groups in total. The van der Waals surface area contributed by atoms with Gasteiger partial charge in [0.1, 0.15) is 0 Å². The fourth-order valence-corrected chi connectivity index (χ4v) is 2.79. The zero-order valence-electron chi connectivity index (χ0n) is 11.7. The number of benzene rings is 1. The highest BCUT2D eigenvalue weighted by molar-refractivity contribution is 5.85. The molecule has 0 amide bonds. The minimum atomic E-state index is 0. The Morgan fingerprint density at radius 2 is 1.90 bits per heavy atom. The van der Waals surface area contributed by atoms with Crippen molar-refractivity contribution in [2.45, 2.75) is 38.1 Å². The topological polar surface area (TPSA) is 29.9 Å². The Kier molecular flexibility index (Phi) is 5.48. The van der Waals surface area contributed by atoms with Gasteiger partial charge in [-0.3, -0.25) is 4.68 Å². The van der Waals surface area contributed by atoms with Crippen molar-refractivity contribution in [2.24, 2.45) is 0 Å². The molecule has 108 valence electrons. The molecule has 0 bridgehead atoms. The summed E-state index contributed by atoms with van der Waals surface area (Å²) in [6, 6.07) is 11.2. The van der Waals surface area contributed by atoms with Gasteiger partial charge in [0.05, 0.1) is 17.9 Å². The summed E-state index contributed by atoms with van der Waals surface area (Å²) in [5, 5.41) is 7.93. The molecule has 20 heavy (non-hydrogen) atoms. The molecule has 0 atom stereocenters. The van der Waals surface area contributed by atoms with E-state index in [4.69, 9.17) is 0 Å². The molecule has 1 saturated carbocycles. The van der Waals surface area contributed by atoms with E-state index in [2.05, 4.69) is 51.6 Å². The molecule has 0 spiro atoms. The third-order valence-electron chi connectivity index (χ3n) is 3.89. The molecule has 0 saturated heterocycles. The molecule has 3 rings (SSSR count). The molecule has 1 heterocycles. The molecule has 0 unspecified atom stereocenters. The second-order valence-electron chi connectivity index (χ2n) is 5.31. The van der Waals surface area contributed by atoms with Crippen molar-refractivity contribution in [3.63, 3.8) is 0 Å². The second-order valence-corrected chi connectivity index (χ2v) is 5.31. The van der Waals surface area contributed by atoms with Crippen molar-refractivity contribution < 1.29 is 0 Å². The second kappa shape index (κ2) is 7.34. The van der Waals surface area contributed by atoms with E-state index in [-0.39, 0.29) is 12.4 Å². The van der Waals surface area contributed by atoms with E-state index in [0.717, 1.165) is 18.7 Å². The minimum Gasteiger partial charge on any atom is -0.382 e. The standard InChI is InChI=1S/C16H21N3.ClH/c1-2-6-14(7-3-1)10-11-17-15-12-18-19(13-15)16-8-4-5-9-16;/h1-3,6-7,12-13,16-17H,4-5,8-11H2;1H. The number of rotatable bonds is 5. The van der Waals surface area contributed by atoms with Gasteiger partial charge in [-0.05, 0) is 24.8 Å². The first-order valence-electron chi connectivity index (χ1n) is 7.24. The summed E-state index contributed by atoms with van der Waals surface area (Å²) in [5.41, 5.74) is 2.51. The van der Waals surface area contributed by atoms with Crippen LogP contribution in [0.25, 0.3) is 0 Å². The van der Waals surface area contributed by atoms with Gasteiger partial charge in [-0.15, -0.1) is 12.4 Å². The maximum Gasteiger partial charge on any atom is 0.0726 e. The molecule has 0 aliphatic heterocycles. The molecule has 1 aromatic heterocycles. The lowest BCUT2D eigenvalue weighted by atomic mass is 10.1. The molecular formula is C16H22ClN3. The van der Waals surface area contributed by atoms with Gasteiger partial charge in [0, 0.05) is 12.7 Å². The fourth-order valence-electron chi connectivity index (χ4n) is 2.79. The lowest BCUT2D eigenvalue weighted by Crippen LogP contribution is -2.05. The third-order valence-corrected chi connectivity index (χ3v) is 3.89. The summed E-state index contributed by atoms with van der Waals surface area (Å²) in [5.74, 6) is 0. The lowest BCUT2D eigenvalue weighted by molar-refractivity contribution is 0.467. The zero-order valence-corrected chi connectivity index (χ0v) is 12.5. The highest BCUT2D eigenvalue weighted by Gasteiger charge is 2.17. The van der Waals surface area contributed by atoms with E-state index in [9.17, 15) is 0 Å². The Hall–Kier alpha value is -1.48. The van der Waals surface area contributed by atoms with Gasteiger partial charge < -0.3 is 5.32 Å². The number of halogens is 1. The SMILES string of the molecule is Cl.c1ccc(CCNc2cnn(C3CCCC3)c2)cc1. The number of hydrogen-bond acceptors (Lipinski definition) is 2. The maximum absolute atomic E-state index is 4.48. The normalized spacial score (nSPS) is 15.0. The van der Waals surface area contributed by atoms with Crippen molar-refractivity contribution in [2.75, 3.05) is 11.9 Å². The van der Waals surface area contributed by atoms with Crippen LogP contribution in [0, 0.1) is 0 Å². The fraction of sp³-hybridized carbons (Fsp3) is 0.438. The van der Waals surface area contributed by atoms with Crippen LogP contribution >= 0.6 is 12.4 Å². The van der Waals surface area contributed by atoms with E-state index in [1.54, 1.807) is 0 Å². The Labute approximate surface area is 126 Å². The Balaban J connectivity index is 0.00000147. The molecule has 2 aromatic rings. The number of hydrogen-bond donors (Lipinski definition) is 1. The summed E-state index contributed by atoms with van der Waals surface area (Å²) in [6.45, 7) is 0.959. The third kappa shape index (κ3) is 3.76. The van der Waals surface area contributed by atoms with Crippen LogP contribution in [0.2, 0.25) is 0 Å². The minimum absolute atomic E-state index is 0. The van der Waals surface area contributed by atoms with Crippen molar-refractivity contribution >= 4 is 18.1 Å². The largest absolute Gasteiger partial charge is 0.382 e. The molecule has 4 heteroatoms. The molecule has 1 aliphatic rings.